The molecule has 110 valence electrons. The molecule has 0 amide bonds. The van der Waals surface area contributed by atoms with Gasteiger partial charge in [-0.3, -0.25) is 9.69 Å². The molecule has 0 radical (unpaired) electrons. The van der Waals surface area contributed by atoms with Gasteiger partial charge in [-0.05, 0) is 40.0 Å². The van der Waals surface area contributed by atoms with Gasteiger partial charge in [-0.15, -0.1) is 0 Å². The summed E-state index contributed by atoms with van der Waals surface area (Å²) in [5, 5.41) is 3.35. The molecule has 2 fully saturated rings. The van der Waals surface area contributed by atoms with Gasteiger partial charge in [0.15, 0.2) is 5.82 Å². The van der Waals surface area contributed by atoms with Crippen molar-refractivity contribution in [3.05, 3.63) is 22.7 Å². The van der Waals surface area contributed by atoms with Crippen LogP contribution in [0.4, 0.5) is 5.82 Å². The van der Waals surface area contributed by atoms with Crippen molar-refractivity contribution in [1.29, 1.82) is 0 Å². The van der Waals surface area contributed by atoms with Crippen molar-refractivity contribution in [2.75, 3.05) is 18.4 Å². The predicted molar refractivity (Wildman–Crippen MR) is 80.1 cm³/mol. The van der Waals surface area contributed by atoms with E-state index in [1.165, 1.54) is 12.8 Å². The zero-order chi connectivity index (χ0) is 14.3. The predicted octanol–water partition coefficient (Wildman–Crippen LogP) is 1.65. The van der Waals surface area contributed by atoms with Gasteiger partial charge in [0.05, 0.1) is 0 Å². The van der Waals surface area contributed by atoms with E-state index in [1.54, 1.807) is 17.0 Å². The van der Waals surface area contributed by atoms with E-state index in [-0.39, 0.29) is 11.1 Å². The number of likely N-dealkylation sites (tertiary alicyclic amines) is 1. The van der Waals surface area contributed by atoms with Crippen LogP contribution >= 0.6 is 0 Å². The Hall–Kier alpha value is -1.36. The summed E-state index contributed by atoms with van der Waals surface area (Å²) < 4.78 is 1.75. The highest BCUT2D eigenvalue weighted by molar-refractivity contribution is 5.33. The molecule has 1 aliphatic heterocycles. The summed E-state index contributed by atoms with van der Waals surface area (Å²) in [4.78, 5) is 19.2. The Kier molecular flexibility index (Phi) is 3.32. The van der Waals surface area contributed by atoms with Crippen LogP contribution in [-0.4, -0.2) is 39.6 Å². The van der Waals surface area contributed by atoms with Crippen LogP contribution in [0.25, 0.3) is 0 Å². The summed E-state index contributed by atoms with van der Waals surface area (Å²) in [7, 11) is 0. The first-order valence-electron chi connectivity index (χ1n) is 7.54. The van der Waals surface area contributed by atoms with Gasteiger partial charge < -0.3 is 9.88 Å². The second kappa shape index (κ2) is 4.88. The Labute approximate surface area is 120 Å². The zero-order valence-corrected chi connectivity index (χ0v) is 12.6. The molecule has 1 N–H and O–H groups in total. The fourth-order valence-corrected chi connectivity index (χ4v) is 2.91. The van der Waals surface area contributed by atoms with E-state index < -0.39 is 0 Å². The van der Waals surface area contributed by atoms with Crippen LogP contribution in [0.3, 0.4) is 0 Å². The van der Waals surface area contributed by atoms with Crippen LogP contribution < -0.4 is 10.9 Å². The zero-order valence-electron chi connectivity index (χ0n) is 12.6. The highest BCUT2D eigenvalue weighted by Crippen LogP contribution is 2.30. The van der Waals surface area contributed by atoms with Gasteiger partial charge in [-0.1, -0.05) is 0 Å². The summed E-state index contributed by atoms with van der Waals surface area (Å²) in [5.41, 5.74) is -0.239. The molecule has 1 aliphatic carbocycles. The summed E-state index contributed by atoms with van der Waals surface area (Å²) in [6, 6.07) is 1.16. The number of aromatic nitrogens is 2. The molecule has 0 bridgehead atoms. The van der Waals surface area contributed by atoms with Crippen molar-refractivity contribution < 1.29 is 0 Å². The van der Waals surface area contributed by atoms with Gasteiger partial charge in [0.1, 0.15) is 0 Å². The molecule has 5 nitrogen and oxygen atoms in total. The maximum absolute atomic E-state index is 12.5. The summed E-state index contributed by atoms with van der Waals surface area (Å²) in [6.45, 7) is 8.27. The van der Waals surface area contributed by atoms with Gasteiger partial charge in [-0.2, -0.15) is 0 Å². The first-order chi connectivity index (χ1) is 9.45. The minimum absolute atomic E-state index is 0.0233. The minimum Gasteiger partial charge on any atom is -0.361 e. The molecule has 2 heterocycles. The molecule has 0 spiro atoms. The van der Waals surface area contributed by atoms with Crippen LogP contribution in [0.5, 0.6) is 0 Å². The second-order valence-corrected chi connectivity index (χ2v) is 6.98. The fraction of sp³-hybridized carbons (Fsp3) is 0.733. The second-order valence-electron chi connectivity index (χ2n) is 6.98. The molecule has 0 aromatic carbocycles. The number of rotatable bonds is 3. The molecule has 20 heavy (non-hydrogen) atoms. The topological polar surface area (TPSA) is 50.2 Å². The van der Waals surface area contributed by atoms with Gasteiger partial charge in [-0.25, -0.2) is 4.98 Å². The third-order valence-corrected chi connectivity index (χ3v) is 4.19. The lowest BCUT2D eigenvalue weighted by Crippen LogP contribution is -2.37. The van der Waals surface area contributed by atoms with Crippen molar-refractivity contribution in [1.82, 2.24) is 14.5 Å². The Morgan fingerprint density at radius 2 is 2.05 bits per heavy atom. The highest BCUT2D eigenvalue weighted by atomic mass is 16.1. The molecule has 3 rings (SSSR count). The Balaban J connectivity index is 1.73. The van der Waals surface area contributed by atoms with Gasteiger partial charge in [0, 0.05) is 43.1 Å². The fourth-order valence-electron chi connectivity index (χ4n) is 2.91. The molecule has 1 aromatic heterocycles. The Morgan fingerprint density at radius 1 is 1.30 bits per heavy atom. The number of hydrogen-bond acceptors (Lipinski definition) is 4. The molecular weight excluding hydrogens is 252 g/mol. The summed E-state index contributed by atoms with van der Waals surface area (Å²) >= 11 is 0. The average molecular weight is 276 g/mol. The maximum Gasteiger partial charge on any atom is 0.293 e. The normalized spacial score (nSPS) is 24.1. The van der Waals surface area contributed by atoms with E-state index in [2.05, 4.69) is 15.2 Å². The SMILES string of the molecule is CC(C)(C)n1ccnc(NC2CCN(C3CC3)C2)c1=O. The van der Waals surface area contributed by atoms with Crippen LogP contribution in [-0.2, 0) is 5.54 Å². The molecule has 2 aliphatic rings. The molecule has 5 heteroatoms. The van der Waals surface area contributed by atoms with Crippen molar-refractivity contribution in [2.24, 2.45) is 0 Å². The summed E-state index contributed by atoms with van der Waals surface area (Å²) in [6.07, 6.45) is 7.25. The third kappa shape index (κ3) is 2.73. The van der Waals surface area contributed by atoms with Gasteiger partial charge >= 0.3 is 0 Å². The van der Waals surface area contributed by atoms with Gasteiger partial charge in [0.25, 0.3) is 5.56 Å². The third-order valence-electron chi connectivity index (χ3n) is 4.19. The van der Waals surface area contributed by atoms with Crippen LogP contribution in [0.2, 0.25) is 0 Å². The maximum atomic E-state index is 12.5. The quantitative estimate of drug-likeness (QED) is 0.912. The van der Waals surface area contributed by atoms with E-state index in [0.717, 1.165) is 25.6 Å². The lowest BCUT2D eigenvalue weighted by atomic mass is 10.1. The molecule has 1 saturated carbocycles. The van der Waals surface area contributed by atoms with Crippen LogP contribution in [0.15, 0.2) is 17.2 Å². The lowest BCUT2D eigenvalue weighted by molar-refractivity contribution is 0.326. The van der Waals surface area contributed by atoms with Crippen LogP contribution in [0.1, 0.15) is 40.0 Å². The molecule has 1 saturated heterocycles. The van der Waals surface area contributed by atoms with E-state index >= 15 is 0 Å². The average Bonchev–Trinajstić information content (AvgIpc) is 3.11. The largest absolute Gasteiger partial charge is 0.361 e. The smallest absolute Gasteiger partial charge is 0.293 e. The van der Waals surface area contributed by atoms with Gasteiger partial charge in [0.2, 0.25) is 0 Å². The lowest BCUT2D eigenvalue weighted by Gasteiger charge is -2.23. The minimum atomic E-state index is -0.216. The van der Waals surface area contributed by atoms with E-state index in [4.69, 9.17) is 0 Å². The van der Waals surface area contributed by atoms with Crippen LogP contribution in [0, 0.1) is 0 Å². The van der Waals surface area contributed by atoms with Crippen molar-refractivity contribution in [2.45, 2.75) is 57.7 Å². The Morgan fingerprint density at radius 3 is 2.70 bits per heavy atom. The van der Waals surface area contributed by atoms with E-state index in [9.17, 15) is 4.79 Å². The van der Waals surface area contributed by atoms with E-state index in [1.807, 2.05) is 20.8 Å². The highest BCUT2D eigenvalue weighted by Gasteiger charge is 2.34. The first-order valence-corrected chi connectivity index (χ1v) is 7.54. The number of anilines is 1. The number of nitrogens with zero attached hydrogens (tertiary/aromatic N) is 3. The monoisotopic (exact) mass is 276 g/mol. The number of hydrogen-bond donors (Lipinski definition) is 1. The number of nitrogens with one attached hydrogen (secondary N) is 1. The Bertz CT molecular complexity index is 542. The first kappa shape index (κ1) is 13.6. The van der Waals surface area contributed by atoms with Crippen molar-refractivity contribution in [3.63, 3.8) is 0 Å². The molecule has 1 atom stereocenters. The molecule has 1 unspecified atom stereocenters. The summed E-state index contributed by atoms with van der Waals surface area (Å²) in [5.74, 6) is 0.491. The van der Waals surface area contributed by atoms with Crippen molar-refractivity contribution in [3.8, 4) is 0 Å². The molecular formula is C15H24N4O. The molecule has 1 aromatic rings. The van der Waals surface area contributed by atoms with Crippen molar-refractivity contribution >= 4 is 5.82 Å². The standard InChI is InChI=1S/C15H24N4O/c1-15(2,3)19-9-7-16-13(14(19)20)17-11-6-8-18(10-11)12-4-5-12/h7,9,11-12H,4-6,8,10H2,1-3H3,(H,16,17). The van der Waals surface area contributed by atoms with E-state index in [0.29, 0.717) is 11.9 Å².